The summed E-state index contributed by atoms with van der Waals surface area (Å²) in [6, 6.07) is 0. The van der Waals surface area contributed by atoms with E-state index in [-0.39, 0.29) is 17.6 Å². The quantitative estimate of drug-likeness (QED) is 0.706. The SMILES string of the molecule is COCC(CNc1nccnc1C(=O)O)OC. The van der Waals surface area contributed by atoms with E-state index in [1.54, 1.807) is 14.2 Å². The minimum atomic E-state index is -1.12. The van der Waals surface area contributed by atoms with Crippen LogP contribution in [0.5, 0.6) is 0 Å². The summed E-state index contributed by atoms with van der Waals surface area (Å²) in [6.45, 7) is 0.801. The number of rotatable bonds is 7. The van der Waals surface area contributed by atoms with Crippen molar-refractivity contribution in [2.24, 2.45) is 0 Å². The molecule has 1 aromatic heterocycles. The van der Waals surface area contributed by atoms with Crippen LogP contribution in [0.2, 0.25) is 0 Å². The van der Waals surface area contributed by atoms with Gasteiger partial charge in [-0.05, 0) is 0 Å². The molecule has 0 saturated heterocycles. The standard InChI is InChI=1S/C10H15N3O4/c1-16-6-7(17-2)5-13-9-8(10(14)15)11-3-4-12-9/h3-4,7H,5-6H2,1-2H3,(H,12,13)(H,14,15). The highest BCUT2D eigenvalue weighted by Gasteiger charge is 2.14. The van der Waals surface area contributed by atoms with Crippen molar-refractivity contribution >= 4 is 11.8 Å². The molecule has 2 N–H and O–H groups in total. The van der Waals surface area contributed by atoms with Crippen molar-refractivity contribution in [2.45, 2.75) is 6.10 Å². The molecule has 94 valence electrons. The number of hydrogen-bond acceptors (Lipinski definition) is 6. The van der Waals surface area contributed by atoms with Gasteiger partial charge in [-0.25, -0.2) is 14.8 Å². The molecule has 0 fully saturated rings. The highest BCUT2D eigenvalue weighted by Crippen LogP contribution is 2.08. The number of carboxylic acids is 1. The molecular formula is C10H15N3O4. The first-order valence-corrected chi connectivity index (χ1v) is 4.99. The lowest BCUT2D eigenvalue weighted by Gasteiger charge is -2.15. The zero-order valence-corrected chi connectivity index (χ0v) is 9.71. The maximum absolute atomic E-state index is 10.9. The molecule has 0 spiro atoms. The molecule has 0 aliphatic carbocycles. The van der Waals surface area contributed by atoms with E-state index in [2.05, 4.69) is 15.3 Å². The number of hydrogen-bond donors (Lipinski definition) is 2. The van der Waals surface area contributed by atoms with Crippen molar-refractivity contribution in [1.29, 1.82) is 0 Å². The monoisotopic (exact) mass is 241 g/mol. The van der Waals surface area contributed by atoms with E-state index in [1.165, 1.54) is 12.4 Å². The van der Waals surface area contributed by atoms with Gasteiger partial charge in [-0.15, -0.1) is 0 Å². The summed E-state index contributed by atoms with van der Waals surface area (Å²) in [5.41, 5.74) is -0.111. The Kier molecular flexibility index (Phi) is 5.31. The highest BCUT2D eigenvalue weighted by atomic mass is 16.5. The largest absolute Gasteiger partial charge is 0.476 e. The van der Waals surface area contributed by atoms with Gasteiger partial charge in [0, 0.05) is 33.2 Å². The van der Waals surface area contributed by atoms with Gasteiger partial charge in [0.15, 0.2) is 11.5 Å². The molecule has 0 aliphatic heterocycles. The van der Waals surface area contributed by atoms with Crippen LogP contribution in [0.15, 0.2) is 12.4 Å². The molecule has 0 bridgehead atoms. The Morgan fingerprint density at radius 1 is 1.47 bits per heavy atom. The van der Waals surface area contributed by atoms with Gasteiger partial charge in [0.1, 0.15) is 0 Å². The van der Waals surface area contributed by atoms with Crippen LogP contribution >= 0.6 is 0 Å². The number of nitrogens with zero attached hydrogens (tertiary/aromatic N) is 2. The Balaban J connectivity index is 2.65. The van der Waals surface area contributed by atoms with Crippen LogP contribution in [-0.2, 0) is 9.47 Å². The molecule has 0 aliphatic rings. The summed E-state index contributed by atoms with van der Waals surface area (Å²) in [6.07, 6.45) is 2.58. The predicted molar refractivity (Wildman–Crippen MR) is 60.2 cm³/mol. The molecule has 17 heavy (non-hydrogen) atoms. The van der Waals surface area contributed by atoms with Crippen LogP contribution in [-0.4, -0.2) is 54.5 Å². The summed E-state index contributed by atoms with van der Waals surface area (Å²) < 4.78 is 10.1. The number of nitrogens with one attached hydrogen (secondary N) is 1. The fourth-order valence-electron chi connectivity index (χ4n) is 1.23. The maximum Gasteiger partial charge on any atom is 0.358 e. The minimum Gasteiger partial charge on any atom is -0.476 e. The second-order valence-electron chi connectivity index (χ2n) is 3.25. The first-order chi connectivity index (χ1) is 8.19. The third-order valence-corrected chi connectivity index (χ3v) is 2.08. The lowest BCUT2D eigenvalue weighted by molar-refractivity contribution is 0.0365. The van der Waals surface area contributed by atoms with Gasteiger partial charge in [0.25, 0.3) is 0 Å². The van der Waals surface area contributed by atoms with E-state index < -0.39 is 5.97 Å². The lowest BCUT2D eigenvalue weighted by Crippen LogP contribution is -2.27. The maximum atomic E-state index is 10.9. The average molecular weight is 241 g/mol. The molecule has 0 radical (unpaired) electrons. The van der Waals surface area contributed by atoms with Crippen molar-refractivity contribution < 1.29 is 19.4 Å². The van der Waals surface area contributed by atoms with E-state index in [0.717, 1.165) is 0 Å². The fourth-order valence-corrected chi connectivity index (χ4v) is 1.23. The number of carbonyl (C=O) groups is 1. The van der Waals surface area contributed by atoms with Gasteiger partial charge in [-0.2, -0.15) is 0 Å². The molecular weight excluding hydrogens is 226 g/mol. The van der Waals surface area contributed by atoms with Crippen molar-refractivity contribution in [3.05, 3.63) is 18.1 Å². The lowest BCUT2D eigenvalue weighted by atomic mass is 10.3. The van der Waals surface area contributed by atoms with E-state index >= 15 is 0 Å². The van der Waals surface area contributed by atoms with Gasteiger partial charge in [-0.3, -0.25) is 0 Å². The zero-order chi connectivity index (χ0) is 12.7. The van der Waals surface area contributed by atoms with E-state index in [9.17, 15) is 4.79 Å². The minimum absolute atomic E-state index is 0.111. The van der Waals surface area contributed by atoms with Crippen LogP contribution in [0.25, 0.3) is 0 Å². The molecule has 7 heteroatoms. The van der Waals surface area contributed by atoms with E-state index in [0.29, 0.717) is 13.2 Å². The Morgan fingerprint density at radius 2 is 2.18 bits per heavy atom. The highest BCUT2D eigenvalue weighted by molar-refractivity contribution is 5.90. The molecule has 0 aromatic carbocycles. The Labute approximate surface area is 98.8 Å². The number of carboxylic acid groups (broad SMARTS) is 1. The average Bonchev–Trinajstić information content (AvgIpc) is 2.34. The van der Waals surface area contributed by atoms with Crippen molar-refractivity contribution in [1.82, 2.24) is 9.97 Å². The third kappa shape index (κ3) is 3.97. The molecule has 1 unspecified atom stereocenters. The smallest absolute Gasteiger partial charge is 0.358 e. The summed E-state index contributed by atoms with van der Waals surface area (Å²) in [5, 5.41) is 11.8. The summed E-state index contributed by atoms with van der Waals surface area (Å²) >= 11 is 0. The first kappa shape index (κ1) is 13.3. The van der Waals surface area contributed by atoms with Gasteiger partial charge in [-0.1, -0.05) is 0 Å². The number of aromatic nitrogens is 2. The fraction of sp³-hybridized carbons (Fsp3) is 0.500. The predicted octanol–water partition coefficient (Wildman–Crippen LogP) is 0.248. The Bertz CT molecular complexity index is 372. The summed E-state index contributed by atoms with van der Waals surface area (Å²) in [4.78, 5) is 18.5. The summed E-state index contributed by atoms with van der Waals surface area (Å²) in [5.74, 6) is -0.903. The Morgan fingerprint density at radius 3 is 2.76 bits per heavy atom. The van der Waals surface area contributed by atoms with Gasteiger partial charge < -0.3 is 19.9 Å². The zero-order valence-electron chi connectivity index (χ0n) is 9.71. The van der Waals surface area contributed by atoms with E-state index in [4.69, 9.17) is 14.6 Å². The molecule has 0 amide bonds. The normalized spacial score (nSPS) is 12.1. The van der Waals surface area contributed by atoms with Crippen molar-refractivity contribution in [3.8, 4) is 0 Å². The number of ether oxygens (including phenoxy) is 2. The van der Waals surface area contributed by atoms with Crippen LogP contribution < -0.4 is 5.32 Å². The first-order valence-electron chi connectivity index (χ1n) is 4.99. The molecule has 1 aromatic rings. The van der Waals surface area contributed by atoms with Gasteiger partial charge >= 0.3 is 5.97 Å². The van der Waals surface area contributed by atoms with Crippen molar-refractivity contribution in [3.63, 3.8) is 0 Å². The third-order valence-electron chi connectivity index (χ3n) is 2.08. The Hall–Kier alpha value is -1.73. The van der Waals surface area contributed by atoms with Gasteiger partial charge in [0.05, 0.1) is 12.7 Å². The molecule has 0 saturated carbocycles. The van der Waals surface area contributed by atoms with Crippen LogP contribution in [0.1, 0.15) is 10.5 Å². The van der Waals surface area contributed by atoms with Crippen molar-refractivity contribution in [2.75, 3.05) is 32.7 Å². The second kappa shape index (κ2) is 6.77. The molecule has 1 heterocycles. The molecule has 1 rings (SSSR count). The number of anilines is 1. The number of aromatic carboxylic acids is 1. The van der Waals surface area contributed by atoms with Crippen LogP contribution in [0.4, 0.5) is 5.82 Å². The topological polar surface area (TPSA) is 93.6 Å². The summed E-state index contributed by atoms with van der Waals surface area (Å²) in [7, 11) is 3.12. The van der Waals surface area contributed by atoms with E-state index in [1.807, 2.05) is 0 Å². The van der Waals surface area contributed by atoms with Crippen LogP contribution in [0, 0.1) is 0 Å². The van der Waals surface area contributed by atoms with Crippen LogP contribution in [0.3, 0.4) is 0 Å². The molecule has 7 nitrogen and oxygen atoms in total. The van der Waals surface area contributed by atoms with Gasteiger partial charge in [0.2, 0.25) is 0 Å². The number of methoxy groups -OCH3 is 2. The second-order valence-corrected chi connectivity index (χ2v) is 3.25. The molecule has 1 atom stereocenters.